The predicted molar refractivity (Wildman–Crippen MR) is 76.0 cm³/mol. The third kappa shape index (κ3) is 5.41. The Hall–Kier alpha value is -1.39. The lowest BCUT2D eigenvalue weighted by Gasteiger charge is -2.08. The van der Waals surface area contributed by atoms with E-state index in [9.17, 15) is 4.79 Å². The Kier molecular flexibility index (Phi) is 5.36. The van der Waals surface area contributed by atoms with Crippen LogP contribution in [0.15, 0.2) is 24.3 Å². The maximum atomic E-state index is 11.6. The van der Waals surface area contributed by atoms with Crippen LogP contribution in [0.1, 0.15) is 31.7 Å². The number of amides is 1. The number of ether oxygens (including phenoxy) is 1. The van der Waals surface area contributed by atoms with Crippen molar-refractivity contribution in [3.8, 4) is 0 Å². The third-order valence-electron chi connectivity index (χ3n) is 2.96. The number of benzene rings is 1. The number of nitrogens with one attached hydrogen (secondary N) is 2. The van der Waals surface area contributed by atoms with Gasteiger partial charge < -0.3 is 15.4 Å². The summed E-state index contributed by atoms with van der Waals surface area (Å²) in [6, 6.07) is 8.64. The zero-order valence-electron chi connectivity index (χ0n) is 11.4. The molecule has 0 spiro atoms. The van der Waals surface area contributed by atoms with Gasteiger partial charge in [-0.15, -0.1) is 0 Å². The fourth-order valence-corrected chi connectivity index (χ4v) is 1.81. The summed E-state index contributed by atoms with van der Waals surface area (Å²) in [5, 5.41) is 6.31. The summed E-state index contributed by atoms with van der Waals surface area (Å²) in [6.07, 6.45) is 3.49. The Bertz CT molecular complexity index is 416. The molecule has 0 radical (unpaired) electrons. The molecule has 4 heteroatoms. The van der Waals surface area contributed by atoms with Gasteiger partial charge in [-0.05, 0) is 37.0 Å². The normalized spacial score (nSPS) is 14.4. The van der Waals surface area contributed by atoms with Crippen molar-refractivity contribution in [2.75, 3.05) is 18.5 Å². The molecular weight excluding hydrogens is 240 g/mol. The summed E-state index contributed by atoms with van der Waals surface area (Å²) in [7, 11) is 0. The van der Waals surface area contributed by atoms with Crippen molar-refractivity contribution in [3.63, 3.8) is 0 Å². The second-order valence-corrected chi connectivity index (χ2v) is 4.96. The smallest absolute Gasteiger partial charge is 0.250 e. The first-order valence-corrected chi connectivity index (χ1v) is 6.98. The summed E-state index contributed by atoms with van der Waals surface area (Å²) in [5.41, 5.74) is 2.03. The first-order valence-electron chi connectivity index (χ1n) is 6.98. The zero-order chi connectivity index (χ0) is 13.5. The van der Waals surface area contributed by atoms with Crippen LogP contribution in [0.4, 0.5) is 5.69 Å². The van der Waals surface area contributed by atoms with E-state index in [1.165, 1.54) is 18.4 Å². The number of carbonyl (C=O) groups is 1. The highest BCUT2D eigenvalue weighted by molar-refractivity contribution is 5.91. The summed E-state index contributed by atoms with van der Waals surface area (Å²) in [4.78, 5) is 11.6. The molecular formula is C15H22N2O2. The highest BCUT2D eigenvalue weighted by Crippen LogP contribution is 2.19. The van der Waals surface area contributed by atoms with Gasteiger partial charge in [-0.25, -0.2) is 0 Å². The van der Waals surface area contributed by atoms with Crippen molar-refractivity contribution in [1.29, 1.82) is 0 Å². The summed E-state index contributed by atoms with van der Waals surface area (Å²) in [5.74, 6) is -0.0965. The molecule has 1 aliphatic carbocycles. The molecule has 0 atom stereocenters. The molecule has 1 fully saturated rings. The quantitative estimate of drug-likeness (QED) is 0.707. The highest BCUT2D eigenvalue weighted by Gasteiger charge is 2.19. The van der Waals surface area contributed by atoms with Crippen LogP contribution >= 0.6 is 0 Å². The Balaban J connectivity index is 1.78. The van der Waals surface area contributed by atoms with E-state index < -0.39 is 0 Å². The van der Waals surface area contributed by atoms with Gasteiger partial charge in [0, 0.05) is 24.9 Å². The summed E-state index contributed by atoms with van der Waals surface area (Å²) >= 11 is 0. The van der Waals surface area contributed by atoms with E-state index in [1.54, 1.807) is 0 Å². The predicted octanol–water partition coefficient (Wildman–Crippen LogP) is 2.30. The highest BCUT2D eigenvalue weighted by atomic mass is 16.5. The summed E-state index contributed by atoms with van der Waals surface area (Å²) in [6.45, 7) is 3.63. The molecule has 1 aromatic rings. The standard InChI is InChI=1S/C15H22N2O2/c1-2-8-19-11-15(18)17-14-5-3-4-12(9-14)10-16-13-6-7-13/h3-5,9,13,16H,2,6-8,10-11H2,1H3,(H,17,18). The van der Waals surface area contributed by atoms with Crippen LogP contribution < -0.4 is 10.6 Å². The lowest BCUT2D eigenvalue weighted by Crippen LogP contribution is -2.19. The van der Waals surface area contributed by atoms with Crippen molar-refractivity contribution in [2.45, 2.75) is 38.8 Å². The van der Waals surface area contributed by atoms with Crippen LogP contribution in [0, 0.1) is 0 Å². The van der Waals surface area contributed by atoms with Crippen LogP contribution in [-0.4, -0.2) is 25.2 Å². The molecule has 0 bridgehead atoms. The monoisotopic (exact) mass is 262 g/mol. The van der Waals surface area contributed by atoms with Crippen LogP contribution in [0.5, 0.6) is 0 Å². The minimum Gasteiger partial charge on any atom is -0.372 e. The van der Waals surface area contributed by atoms with Crippen LogP contribution in [0.3, 0.4) is 0 Å². The lowest BCUT2D eigenvalue weighted by atomic mass is 10.2. The Morgan fingerprint density at radius 3 is 3.00 bits per heavy atom. The van der Waals surface area contributed by atoms with Crippen molar-refractivity contribution in [2.24, 2.45) is 0 Å². The van der Waals surface area contributed by atoms with E-state index in [4.69, 9.17) is 4.74 Å². The molecule has 0 aliphatic heterocycles. The molecule has 0 saturated heterocycles. The van der Waals surface area contributed by atoms with Crippen LogP contribution in [0.25, 0.3) is 0 Å². The molecule has 1 aliphatic rings. The Morgan fingerprint density at radius 1 is 1.42 bits per heavy atom. The topological polar surface area (TPSA) is 50.4 Å². The Labute approximate surface area is 114 Å². The molecule has 0 aromatic heterocycles. The number of hydrogen-bond acceptors (Lipinski definition) is 3. The van der Waals surface area contributed by atoms with Crippen molar-refractivity contribution in [1.82, 2.24) is 5.32 Å². The first kappa shape index (κ1) is 14.0. The second-order valence-electron chi connectivity index (χ2n) is 4.96. The van der Waals surface area contributed by atoms with Gasteiger partial charge in [-0.1, -0.05) is 19.1 Å². The average molecular weight is 262 g/mol. The SMILES string of the molecule is CCCOCC(=O)Nc1cccc(CNC2CC2)c1. The lowest BCUT2D eigenvalue weighted by molar-refractivity contribution is -0.120. The molecule has 0 heterocycles. The number of carbonyl (C=O) groups excluding carboxylic acids is 1. The van der Waals surface area contributed by atoms with Gasteiger partial charge in [0.15, 0.2) is 0 Å². The van der Waals surface area contributed by atoms with E-state index in [1.807, 2.05) is 25.1 Å². The first-order chi connectivity index (χ1) is 9.28. The van der Waals surface area contributed by atoms with E-state index >= 15 is 0 Å². The minimum atomic E-state index is -0.0965. The van der Waals surface area contributed by atoms with Gasteiger partial charge in [-0.3, -0.25) is 4.79 Å². The zero-order valence-corrected chi connectivity index (χ0v) is 11.4. The fraction of sp³-hybridized carbons (Fsp3) is 0.533. The number of hydrogen-bond donors (Lipinski definition) is 2. The molecule has 2 rings (SSSR count). The van der Waals surface area contributed by atoms with Crippen LogP contribution in [0.2, 0.25) is 0 Å². The molecule has 2 N–H and O–H groups in total. The van der Waals surface area contributed by atoms with Crippen LogP contribution in [-0.2, 0) is 16.1 Å². The maximum absolute atomic E-state index is 11.6. The molecule has 0 unspecified atom stereocenters. The fourth-order valence-electron chi connectivity index (χ4n) is 1.81. The van der Waals surface area contributed by atoms with E-state index in [-0.39, 0.29) is 12.5 Å². The Morgan fingerprint density at radius 2 is 2.26 bits per heavy atom. The molecule has 1 saturated carbocycles. The largest absolute Gasteiger partial charge is 0.372 e. The molecule has 1 aromatic carbocycles. The minimum absolute atomic E-state index is 0.0965. The maximum Gasteiger partial charge on any atom is 0.250 e. The molecule has 1 amide bonds. The number of rotatable bonds is 8. The molecule has 19 heavy (non-hydrogen) atoms. The van der Waals surface area contributed by atoms with Gasteiger partial charge in [0.25, 0.3) is 0 Å². The van der Waals surface area contributed by atoms with E-state index in [2.05, 4.69) is 16.7 Å². The van der Waals surface area contributed by atoms with E-state index in [0.717, 1.165) is 18.7 Å². The van der Waals surface area contributed by atoms with Crippen molar-refractivity contribution in [3.05, 3.63) is 29.8 Å². The summed E-state index contributed by atoms with van der Waals surface area (Å²) < 4.78 is 5.21. The molecule has 104 valence electrons. The van der Waals surface area contributed by atoms with Gasteiger partial charge in [0.1, 0.15) is 6.61 Å². The van der Waals surface area contributed by atoms with Crippen molar-refractivity contribution >= 4 is 11.6 Å². The van der Waals surface area contributed by atoms with Gasteiger partial charge >= 0.3 is 0 Å². The number of anilines is 1. The molecule has 4 nitrogen and oxygen atoms in total. The van der Waals surface area contributed by atoms with E-state index in [0.29, 0.717) is 12.6 Å². The van der Waals surface area contributed by atoms with Crippen molar-refractivity contribution < 1.29 is 9.53 Å². The average Bonchev–Trinajstić information content (AvgIpc) is 3.21. The van der Waals surface area contributed by atoms with Gasteiger partial charge in [0.05, 0.1) is 0 Å². The second kappa shape index (κ2) is 7.26. The third-order valence-corrected chi connectivity index (χ3v) is 2.96. The van der Waals surface area contributed by atoms with Gasteiger partial charge in [-0.2, -0.15) is 0 Å². The van der Waals surface area contributed by atoms with Gasteiger partial charge in [0.2, 0.25) is 5.91 Å².